The first kappa shape index (κ1) is 10.8. The second-order valence-electron chi connectivity index (χ2n) is 3.45. The van der Waals surface area contributed by atoms with Crippen molar-refractivity contribution in [3.05, 3.63) is 23.2 Å². The lowest BCUT2D eigenvalue weighted by molar-refractivity contribution is -0.138. The molecule has 0 saturated heterocycles. The molecule has 1 heterocycles. The number of hydrogen-bond donors (Lipinski definition) is 3. The topological polar surface area (TPSA) is 78.4 Å². The molecule has 16 heavy (non-hydrogen) atoms. The lowest BCUT2D eigenvalue weighted by atomic mass is 10.1. The monoisotopic (exact) mass is 240 g/mol. The number of para-hydroxylation sites is 1. The molecule has 1 aliphatic rings. The molecule has 6 heteroatoms. The Morgan fingerprint density at radius 2 is 2.25 bits per heavy atom. The maximum absolute atomic E-state index is 11.5. The fourth-order valence-corrected chi connectivity index (χ4v) is 1.78. The van der Waals surface area contributed by atoms with Gasteiger partial charge >= 0.3 is 5.97 Å². The Balaban J connectivity index is 2.28. The average molecular weight is 241 g/mol. The molecule has 0 aliphatic carbocycles. The van der Waals surface area contributed by atoms with Crippen LogP contribution in [-0.4, -0.2) is 23.0 Å². The molecule has 0 aromatic heterocycles. The van der Waals surface area contributed by atoms with E-state index in [0.29, 0.717) is 16.4 Å². The summed E-state index contributed by atoms with van der Waals surface area (Å²) in [5.41, 5.74) is 1.13. The van der Waals surface area contributed by atoms with Crippen molar-refractivity contribution in [3.8, 4) is 0 Å². The van der Waals surface area contributed by atoms with E-state index in [9.17, 15) is 9.59 Å². The largest absolute Gasteiger partial charge is 0.481 e. The number of fused-ring (bicyclic) bond motifs is 1. The second kappa shape index (κ2) is 4.02. The summed E-state index contributed by atoms with van der Waals surface area (Å²) in [6, 6.07) is 4.35. The number of hydrogen-bond acceptors (Lipinski definition) is 3. The van der Waals surface area contributed by atoms with Crippen LogP contribution in [0.3, 0.4) is 0 Å². The van der Waals surface area contributed by atoms with Crippen LogP contribution in [0.5, 0.6) is 0 Å². The highest BCUT2D eigenvalue weighted by molar-refractivity contribution is 6.35. The summed E-state index contributed by atoms with van der Waals surface area (Å²) in [4.78, 5) is 22.1. The predicted molar refractivity (Wildman–Crippen MR) is 59.7 cm³/mol. The van der Waals surface area contributed by atoms with E-state index in [-0.39, 0.29) is 12.3 Å². The first-order valence-electron chi connectivity index (χ1n) is 4.65. The van der Waals surface area contributed by atoms with Gasteiger partial charge in [0.15, 0.2) is 0 Å². The summed E-state index contributed by atoms with van der Waals surface area (Å²) < 4.78 is 0. The van der Waals surface area contributed by atoms with Crippen molar-refractivity contribution >= 4 is 34.9 Å². The molecule has 0 radical (unpaired) electrons. The number of benzene rings is 1. The van der Waals surface area contributed by atoms with Crippen molar-refractivity contribution in [2.75, 3.05) is 10.6 Å². The summed E-state index contributed by atoms with van der Waals surface area (Å²) in [6.45, 7) is 0. The zero-order valence-electron chi connectivity index (χ0n) is 8.16. The van der Waals surface area contributed by atoms with Crippen LogP contribution >= 0.6 is 11.6 Å². The Kier molecular flexibility index (Phi) is 2.70. The van der Waals surface area contributed by atoms with Gasteiger partial charge in [-0.3, -0.25) is 9.59 Å². The molecule has 0 fully saturated rings. The van der Waals surface area contributed by atoms with E-state index >= 15 is 0 Å². The lowest BCUT2D eigenvalue weighted by Gasteiger charge is -2.26. The number of carboxylic acids is 1. The molecule has 0 spiro atoms. The molecule has 84 valence electrons. The van der Waals surface area contributed by atoms with Crippen molar-refractivity contribution in [2.24, 2.45) is 0 Å². The molecule has 1 unspecified atom stereocenters. The van der Waals surface area contributed by atoms with E-state index in [1.807, 2.05) is 0 Å². The van der Waals surface area contributed by atoms with Crippen molar-refractivity contribution in [3.63, 3.8) is 0 Å². The molecule has 1 atom stereocenters. The minimum Gasteiger partial charge on any atom is -0.481 e. The van der Waals surface area contributed by atoms with Crippen LogP contribution in [0.1, 0.15) is 6.42 Å². The lowest BCUT2D eigenvalue weighted by Crippen LogP contribution is -2.40. The van der Waals surface area contributed by atoms with Crippen LogP contribution in [0.2, 0.25) is 5.02 Å². The fraction of sp³-hybridized carbons (Fsp3) is 0.200. The predicted octanol–water partition coefficient (Wildman–Crippen LogP) is 1.55. The summed E-state index contributed by atoms with van der Waals surface area (Å²) in [5.74, 6) is -1.42. The van der Waals surface area contributed by atoms with Crippen LogP contribution in [0.15, 0.2) is 18.2 Å². The third-order valence-corrected chi connectivity index (χ3v) is 2.60. The third kappa shape index (κ3) is 1.94. The third-order valence-electron chi connectivity index (χ3n) is 2.29. The van der Waals surface area contributed by atoms with Gasteiger partial charge in [0, 0.05) is 0 Å². The summed E-state index contributed by atoms with van der Waals surface area (Å²) >= 11 is 5.89. The Morgan fingerprint density at radius 3 is 2.94 bits per heavy atom. The minimum absolute atomic E-state index is 0.266. The quantitative estimate of drug-likeness (QED) is 0.733. The normalized spacial score (nSPS) is 18.3. The fourth-order valence-electron chi connectivity index (χ4n) is 1.55. The Bertz CT molecular complexity index is 461. The summed E-state index contributed by atoms with van der Waals surface area (Å²) in [7, 11) is 0. The van der Waals surface area contributed by atoms with Gasteiger partial charge < -0.3 is 15.7 Å². The summed E-state index contributed by atoms with van der Waals surface area (Å²) in [6.07, 6.45) is -0.266. The molecule has 1 aromatic carbocycles. The number of carboxylic acid groups (broad SMARTS) is 1. The van der Waals surface area contributed by atoms with Gasteiger partial charge in [-0.15, -0.1) is 0 Å². The first-order chi connectivity index (χ1) is 7.58. The van der Waals surface area contributed by atoms with Crippen LogP contribution in [-0.2, 0) is 9.59 Å². The van der Waals surface area contributed by atoms with E-state index in [1.54, 1.807) is 18.2 Å². The molecule has 2 rings (SSSR count). The molecule has 1 aliphatic heterocycles. The molecule has 5 nitrogen and oxygen atoms in total. The van der Waals surface area contributed by atoms with Crippen LogP contribution < -0.4 is 10.6 Å². The van der Waals surface area contributed by atoms with E-state index in [0.717, 1.165) is 0 Å². The van der Waals surface area contributed by atoms with Gasteiger partial charge in [-0.25, -0.2) is 0 Å². The molecule has 0 bridgehead atoms. The standard InChI is InChI=1S/C10H9ClN2O3/c11-5-2-1-3-6-9(5)13-10(16)7(12-6)4-8(14)15/h1-3,7,12H,4H2,(H,13,16)(H,14,15). The van der Waals surface area contributed by atoms with Gasteiger partial charge in [0.05, 0.1) is 22.8 Å². The van der Waals surface area contributed by atoms with E-state index in [1.165, 1.54) is 0 Å². The molecule has 1 aromatic rings. The smallest absolute Gasteiger partial charge is 0.305 e. The Hall–Kier alpha value is -1.75. The van der Waals surface area contributed by atoms with Crippen LogP contribution in [0, 0.1) is 0 Å². The Morgan fingerprint density at radius 1 is 1.50 bits per heavy atom. The highest BCUT2D eigenvalue weighted by Crippen LogP contribution is 2.33. The van der Waals surface area contributed by atoms with Gasteiger partial charge in [0.1, 0.15) is 6.04 Å². The number of carbonyl (C=O) groups is 2. The van der Waals surface area contributed by atoms with E-state index < -0.39 is 12.0 Å². The molecular weight excluding hydrogens is 232 g/mol. The van der Waals surface area contributed by atoms with Gasteiger partial charge in [-0.1, -0.05) is 17.7 Å². The molecule has 3 N–H and O–H groups in total. The number of anilines is 2. The van der Waals surface area contributed by atoms with Gasteiger partial charge in [0.2, 0.25) is 5.91 Å². The van der Waals surface area contributed by atoms with Gasteiger partial charge in [-0.05, 0) is 12.1 Å². The summed E-state index contributed by atoms with van der Waals surface area (Å²) in [5, 5.41) is 14.5. The van der Waals surface area contributed by atoms with Gasteiger partial charge in [0.25, 0.3) is 0 Å². The van der Waals surface area contributed by atoms with Gasteiger partial charge in [-0.2, -0.15) is 0 Å². The van der Waals surface area contributed by atoms with Crippen molar-refractivity contribution < 1.29 is 14.7 Å². The number of nitrogens with one attached hydrogen (secondary N) is 2. The van der Waals surface area contributed by atoms with Crippen molar-refractivity contribution in [1.82, 2.24) is 0 Å². The van der Waals surface area contributed by atoms with E-state index in [2.05, 4.69) is 10.6 Å². The van der Waals surface area contributed by atoms with Crippen molar-refractivity contribution in [2.45, 2.75) is 12.5 Å². The van der Waals surface area contributed by atoms with Crippen LogP contribution in [0.25, 0.3) is 0 Å². The van der Waals surface area contributed by atoms with Crippen molar-refractivity contribution in [1.29, 1.82) is 0 Å². The molecular formula is C10H9ClN2O3. The second-order valence-corrected chi connectivity index (χ2v) is 3.85. The number of amides is 1. The molecule has 0 saturated carbocycles. The SMILES string of the molecule is O=C(O)CC1Nc2cccc(Cl)c2NC1=O. The van der Waals surface area contributed by atoms with E-state index in [4.69, 9.17) is 16.7 Å². The maximum Gasteiger partial charge on any atom is 0.305 e. The maximum atomic E-state index is 11.5. The number of carbonyl (C=O) groups excluding carboxylic acids is 1. The molecule has 1 amide bonds. The highest BCUT2D eigenvalue weighted by Gasteiger charge is 2.28. The highest BCUT2D eigenvalue weighted by atomic mass is 35.5. The average Bonchev–Trinajstić information content (AvgIpc) is 2.20. The Labute approximate surface area is 96.4 Å². The number of halogens is 1. The number of aliphatic carboxylic acids is 1. The number of rotatable bonds is 2. The zero-order valence-corrected chi connectivity index (χ0v) is 8.91. The van der Waals surface area contributed by atoms with Crippen LogP contribution in [0.4, 0.5) is 11.4 Å². The first-order valence-corrected chi connectivity index (χ1v) is 5.03. The zero-order chi connectivity index (χ0) is 11.7. The minimum atomic E-state index is -1.03.